The van der Waals surface area contributed by atoms with Gasteiger partial charge in [-0.2, -0.15) is 0 Å². The smallest absolute Gasteiger partial charge is 0.265 e. The average Bonchev–Trinajstić information content (AvgIpc) is 2.61. The fourth-order valence-electron chi connectivity index (χ4n) is 2.42. The summed E-state index contributed by atoms with van der Waals surface area (Å²) in [4.78, 5) is 23.1. The second kappa shape index (κ2) is 6.52. The van der Waals surface area contributed by atoms with E-state index >= 15 is 0 Å². The molecule has 0 radical (unpaired) electrons. The Morgan fingerprint density at radius 2 is 2.00 bits per heavy atom. The molecule has 0 aromatic heterocycles. The van der Waals surface area contributed by atoms with Crippen molar-refractivity contribution in [2.24, 2.45) is 0 Å². The van der Waals surface area contributed by atoms with Crippen molar-refractivity contribution < 1.29 is 19.1 Å². The maximum atomic E-state index is 12.3. The standard InChI is InChI=1S/C18H17NO4/c1-12(14-5-3-2-4-6-14)19-18(21)17-11-22-16-9-13(10-20)7-8-15(16)23-17/h2-10,12,17H,11H2,1H3,(H,19,21)/t12-,17+/m0/s1. The normalized spacial score (nSPS) is 17.2. The zero-order chi connectivity index (χ0) is 16.2. The van der Waals surface area contributed by atoms with Crippen LogP contribution in [-0.4, -0.2) is 24.9 Å². The number of fused-ring (bicyclic) bond motifs is 1. The Bertz CT molecular complexity index is 714. The number of aldehydes is 1. The fourth-order valence-corrected chi connectivity index (χ4v) is 2.42. The molecule has 0 unspecified atom stereocenters. The molecule has 5 heteroatoms. The molecule has 5 nitrogen and oxygen atoms in total. The number of nitrogens with one attached hydrogen (secondary N) is 1. The van der Waals surface area contributed by atoms with Crippen LogP contribution in [0.4, 0.5) is 0 Å². The van der Waals surface area contributed by atoms with E-state index in [1.54, 1.807) is 18.2 Å². The van der Waals surface area contributed by atoms with E-state index in [0.717, 1.165) is 11.8 Å². The number of amides is 1. The maximum absolute atomic E-state index is 12.3. The molecule has 2 atom stereocenters. The number of ether oxygens (including phenoxy) is 2. The zero-order valence-corrected chi connectivity index (χ0v) is 12.7. The van der Waals surface area contributed by atoms with Crippen LogP contribution < -0.4 is 14.8 Å². The van der Waals surface area contributed by atoms with Crippen molar-refractivity contribution in [3.63, 3.8) is 0 Å². The van der Waals surface area contributed by atoms with Gasteiger partial charge in [0.1, 0.15) is 12.9 Å². The maximum Gasteiger partial charge on any atom is 0.265 e. The van der Waals surface area contributed by atoms with Gasteiger partial charge in [0.05, 0.1) is 6.04 Å². The third-order valence-corrected chi connectivity index (χ3v) is 3.71. The van der Waals surface area contributed by atoms with Crippen molar-refractivity contribution in [3.8, 4) is 11.5 Å². The summed E-state index contributed by atoms with van der Waals surface area (Å²) in [6.45, 7) is 2.03. The largest absolute Gasteiger partial charge is 0.485 e. The highest BCUT2D eigenvalue weighted by Crippen LogP contribution is 2.32. The molecular formula is C18H17NO4. The first kappa shape index (κ1) is 15.1. The minimum Gasteiger partial charge on any atom is -0.485 e. The number of hydrogen-bond acceptors (Lipinski definition) is 4. The summed E-state index contributed by atoms with van der Waals surface area (Å²) in [6, 6.07) is 14.5. The molecule has 0 saturated carbocycles. The molecule has 0 spiro atoms. The van der Waals surface area contributed by atoms with Gasteiger partial charge in [0.25, 0.3) is 5.91 Å². The summed E-state index contributed by atoms with van der Waals surface area (Å²) in [5, 5.41) is 2.92. The Kier molecular flexibility index (Phi) is 4.28. The minimum atomic E-state index is -0.712. The Balaban J connectivity index is 1.66. The molecule has 3 rings (SSSR count). The lowest BCUT2D eigenvalue weighted by Gasteiger charge is -2.27. The molecule has 0 bridgehead atoms. The predicted molar refractivity (Wildman–Crippen MR) is 84.7 cm³/mol. The second-order valence-electron chi connectivity index (χ2n) is 5.38. The summed E-state index contributed by atoms with van der Waals surface area (Å²) in [6.07, 6.45) is 0.0278. The highest BCUT2D eigenvalue weighted by molar-refractivity contribution is 5.82. The molecular weight excluding hydrogens is 294 g/mol. The molecule has 0 aliphatic carbocycles. The lowest BCUT2D eigenvalue weighted by atomic mass is 10.1. The van der Waals surface area contributed by atoms with Crippen molar-refractivity contribution in [2.75, 3.05) is 6.61 Å². The summed E-state index contributed by atoms with van der Waals surface area (Å²) >= 11 is 0. The molecule has 23 heavy (non-hydrogen) atoms. The first-order chi connectivity index (χ1) is 11.2. The van der Waals surface area contributed by atoms with Gasteiger partial charge in [-0.3, -0.25) is 9.59 Å². The molecule has 2 aromatic rings. The molecule has 0 saturated heterocycles. The van der Waals surface area contributed by atoms with E-state index in [4.69, 9.17) is 9.47 Å². The van der Waals surface area contributed by atoms with Crippen molar-refractivity contribution in [2.45, 2.75) is 19.1 Å². The van der Waals surface area contributed by atoms with Crippen molar-refractivity contribution in [1.29, 1.82) is 0 Å². The lowest BCUT2D eigenvalue weighted by molar-refractivity contribution is -0.131. The van der Waals surface area contributed by atoms with Crippen molar-refractivity contribution in [1.82, 2.24) is 5.32 Å². The van der Waals surface area contributed by atoms with Crippen LogP contribution in [-0.2, 0) is 4.79 Å². The summed E-state index contributed by atoms with van der Waals surface area (Å²) in [5.41, 5.74) is 1.53. The van der Waals surface area contributed by atoms with Gasteiger partial charge in [-0.25, -0.2) is 0 Å². The number of hydrogen-bond donors (Lipinski definition) is 1. The van der Waals surface area contributed by atoms with E-state index in [9.17, 15) is 9.59 Å². The Hall–Kier alpha value is -2.82. The van der Waals surface area contributed by atoms with Gasteiger partial charge in [0, 0.05) is 5.56 Å². The Morgan fingerprint density at radius 1 is 1.22 bits per heavy atom. The first-order valence-electron chi connectivity index (χ1n) is 7.41. The molecule has 0 fully saturated rings. The molecule has 1 amide bonds. The summed E-state index contributed by atoms with van der Waals surface area (Å²) in [5.74, 6) is 0.718. The van der Waals surface area contributed by atoms with E-state index in [1.165, 1.54) is 0 Å². The van der Waals surface area contributed by atoms with Gasteiger partial charge in [0.2, 0.25) is 6.10 Å². The number of rotatable bonds is 4. The van der Waals surface area contributed by atoms with Crippen LogP contribution in [0.3, 0.4) is 0 Å². The topological polar surface area (TPSA) is 64.6 Å². The molecule has 1 N–H and O–H groups in total. The van der Waals surface area contributed by atoms with Gasteiger partial charge in [0.15, 0.2) is 11.5 Å². The van der Waals surface area contributed by atoms with Crippen LogP contribution in [0.5, 0.6) is 11.5 Å². The molecule has 1 aliphatic rings. The van der Waals surface area contributed by atoms with Crippen LogP contribution >= 0.6 is 0 Å². The minimum absolute atomic E-state index is 0.114. The molecule has 1 heterocycles. The van der Waals surface area contributed by atoms with Gasteiger partial charge in [-0.15, -0.1) is 0 Å². The third kappa shape index (κ3) is 3.34. The molecule has 1 aliphatic heterocycles. The number of carbonyl (C=O) groups excluding carboxylic acids is 2. The van der Waals surface area contributed by atoms with Gasteiger partial charge >= 0.3 is 0 Å². The summed E-state index contributed by atoms with van der Waals surface area (Å²) in [7, 11) is 0. The van der Waals surface area contributed by atoms with E-state index in [0.29, 0.717) is 17.1 Å². The average molecular weight is 311 g/mol. The van der Waals surface area contributed by atoms with Crippen LogP contribution in [0.2, 0.25) is 0 Å². The number of benzene rings is 2. The predicted octanol–water partition coefficient (Wildman–Crippen LogP) is 2.52. The Morgan fingerprint density at radius 3 is 2.74 bits per heavy atom. The first-order valence-corrected chi connectivity index (χ1v) is 7.41. The Labute approximate surface area is 134 Å². The van der Waals surface area contributed by atoms with E-state index in [2.05, 4.69) is 5.32 Å². The van der Waals surface area contributed by atoms with Crippen LogP contribution in [0.1, 0.15) is 28.9 Å². The van der Waals surface area contributed by atoms with E-state index < -0.39 is 6.10 Å². The lowest BCUT2D eigenvalue weighted by Crippen LogP contribution is -2.44. The van der Waals surface area contributed by atoms with Gasteiger partial charge < -0.3 is 14.8 Å². The highest BCUT2D eigenvalue weighted by Gasteiger charge is 2.28. The third-order valence-electron chi connectivity index (χ3n) is 3.71. The zero-order valence-electron chi connectivity index (χ0n) is 12.7. The van der Waals surface area contributed by atoms with Crippen LogP contribution in [0.25, 0.3) is 0 Å². The summed E-state index contributed by atoms with van der Waals surface area (Å²) < 4.78 is 11.2. The molecule has 118 valence electrons. The quantitative estimate of drug-likeness (QED) is 0.881. The van der Waals surface area contributed by atoms with Crippen molar-refractivity contribution in [3.05, 3.63) is 59.7 Å². The monoisotopic (exact) mass is 311 g/mol. The van der Waals surface area contributed by atoms with E-state index in [1.807, 2.05) is 37.3 Å². The highest BCUT2D eigenvalue weighted by atomic mass is 16.6. The van der Waals surface area contributed by atoms with Gasteiger partial charge in [-0.05, 0) is 30.7 Å². The second-order valence-corrected chi connectivity index (χ2v) is 5.38. The van der Waals surface area contributed by atoms with Gasteiger partial charge in [-0.1, -0.05) is 30.3 Å². The fraction of sp³-hybridized carbons (Fsp3) is 0.222. The van der Waals surface area contributed by atoms with Crippen LogP contribution in [0, 0.1) is 0 Å². The van der Waals surface area contributed by atoms with Crippen molar-refractivity contribution >= 4 is 12.2 Å². The number of carbonyl (C=O) groups is 2. The SMILES string of the molecule is C[C@H](NC(=O)[C@H]1COc2cc(C=O)ccc2O1)c1ccccc1. The van der Waals surface area contributed by atoms with E-state index in [-0.39, 0.29) is 18.6 Å². The van der Waals surface area contributed by atoms with Crippen LogP contribution in [0.15, 0.2) is 48.5 Å². The molecule has 2 aromatic carbocycles.